The number of aromatic nitrogens is 3. The molecular formula is C23H26F2N4O4. The van der Waals surface area contributed by atoms with Crippen molar-refractivity contribution in [2.75, 3.05) is 39.5 Å². The number of halogens is 2. The molecular weight excluding hydrogens is 434 g/mol. The smallest absolute Gasteiger partial charge is 0.137 e. The van der Waals surface area contributed by atoms with E-state index in [1.54, 1.807) is 11.0 Å². The Hall–Kier alpha value is -3.08. The average molecular weight is 460 g/mol. The summed E-state index contributed by atoms with van der Waals surface area (Å²) < 4.78 is 45.4. The van der Waals surface area contributed by atoms with Gasteiger partial charge in [-0.3, -0.25) is 4.90 Å². The number of nitrogens with zero attached hydrogens (tertiary/aromatic N) is 4. The quantitative estimate of drug-likeness (QED) is 0.525. The van der Waals surface area contributed by atoms with Crippen LogP contribution in [0.15, 0.2) is 55.1 Å². The predicted molar refractivity (Wildman–Crippen MR) is 115 cm³/mol. The Morgan fingerprint density at radius 3 is 2.73 bits per heavy atom. The molecule has 0 radical (unpaired) electrons. The number of hydrogen-bond acceptors (Lipinski definition) is 7. The monoisotopic (exact) mass is 460 g/mol. The van der Waals surface area contributed by atoms with Gasteiger partial charge in [-0.2, -0.15) is 5.10 Å². The highest BCUT2D eigenvalue weighted by atomic mass is 19.1. The number of β-amino-alcohol motifs (C(OH)–C–C–N with tert-alkyl or cyclic N) is 1. The lowest BCUT2D eigenvalue weighted by molar-refractivity contribution is -0.0647. The van der Waals surface area contributed by atoms with Crippen LogP contribution < -0.4 is 9.47 Å². The van der Waals surface area contributed by atoms with Crippen LogP contribution >= 0.6 is 0 Å². The van der Waals surface area contributed by atoms with Crippen molar-refractivity contribution < 1.29 is 28.1 Å². The molecule has 4 rings (SSSR count). The molecule has 1 N–H and O–H groups in total. The van der Waals surface area contributed by atoms with E-state index in [-0.39, 0.29) is 25.5 Å². The molecule has 1 aliphatic heterocycles. The summed E-state index contributed by atoms with van der Waals surface area (Å²) in [6.07, 6.45) is 3.12. The number of aliphatic hydroxyl groups is 1. The maximum absolute atomic E-state index is 13.4. The van der Waals surface area contributed by atoms with Gasteiger partial charge in [0.15, 0.2) is 0 Å². The third-order valence-electron chi connectivity index (χ3n) is 5.14. The minimum Gasteiger partial charge on any atom is -0.492 e. The number of ether oxygens (including phenoxy) is 3. The number of rotatable bonds is 9. The van der Waals surface area contributed by atoms with Crippen molar-refractivity contribution in [1.29, 1.82) is 0 Å². The van der Waals surface area contributed by atoms with E-state index >= 15 is 0 Å². The molecule has 2 heterocycles. The van der Waals surface area contributed by atoms with Crippen LogP contribution in [0.4, 0.5) is 8.78 Å². The summed E-state index contributed by atoms with van der Waals surface area (Å²) in [7, 11) is 0. The Morgan fingerprint density at radius 2 is 1.94 bits per heavy atom. The normalized spacial score (nSPS) is 19.2. The van der Waals surface area contributed by atoms with E-state index in [0.29, 0.717) is 32.8 Å². The molecule has 0 amide bonds. The Morgan fingerprint density at radius 1 is 1.09 bits per heavy atom. The van der Waals surface area contributed by atoms with Gasteiger partial charge < -0.3 is 19.3 Å². The molecule has 0 saturated carbocycles. The fourth-order valence-corrected chi connectivity index (χ4v) is 3.65. The third-order valence-corrected chi connectivity index (χ3v) is 5.14. The van der Waals surface area contributed by atoms with Crippen molar-refractivity contribution in [2.24, 2.45) is 0 Å². The second-order valence-corrected chi connectivity index (χ2v) is 8.04. The summed E-state index contributed by atoms with van der Waals surface area (Å²) in [6, 6.07) is 10.7. The molecule has 3 aromatic rings. The highest BCUT2D eigenvalue weighted by molar-refractivity contribution is 5.28. The highest BCUT2D eigenvalue weighted by Gasteiger charge is 2.33. The lowest BCUT2D eigenvalue weighted by atomic mass is 10.1. The Kier molecular flexibility index (Phi) is 7.48. The van der Waals surface area contributed by atoms with Gasteiger partial charge in [0.1, 0.15) is 54.6 Å². The lowest BCUT2D eigenvalue weighted by Gasteiger charge is -2.30. The van der Waals surface area contributed by atoms with Crippen molar-refractivity contribution in [3.8, 4) is 11.5 Å². The molecule has 0 bridgehead atoms. The van der Waals surface area contributed by atoms with E-state index in [9.17, 15) is 13.9 Å². The molecule has 176 valence electrons. The van der Waals surface area contributed by atoms with Gasteiger partial charge in [0.25, 0.3) is 0 Å². The predicted octanol–water partition coefficient (Wildman–Crippen LogP) is 2.28. The first-order chi connectivity index (χ1) is 16.0. The Bertz CT molecular complexity index is 1020. The van der Waals surface area contributed by atoms with E-state index in [0.717, 1.165) is 29.5 Å². The summed E-state index contributed by atoms with van der Waals surface area (Å²) in [4.78, 5) is 5.95. The van der Waals surface area contributed by atoms with Gasteiger partial charge >= 0.3 is 0 Å². The molecule has 1 aliphatic rings. The van der Waals surface area contributed by atoms with E-state index in [1.807, 2.05) is 24.3 Å². The van der Waals surface area contributed by atoms with E-state index in [4.69, 9.17) is 14.2 Å². The van der Waals surface area contributed by atoms with Crippen LogP contribution in [0.5, 0.6) is 11.5 Å². The van der Waals surface area contributed by atoms with Crippen LogP contribution in [0.2, 0.25) is 0 Å². The summed E-state index contributed by atoms with van der Waals surface area (Å²) in [5, 5.41) is 15.1. The van der Waals surface area contributed by atoms with Crippen molar-refractivity contribution in [3.05, 3.63) is 72.3 Å². The molecule has 1 saturated heterocycles. The van der Waals surface area contributed by atoms with Crippen LogP contribution in [0.3, 0.4) is 0 Å². The van der Waals surface area contributed by atoms with Gasteiger partial charge in [-0.25, -0.2) is 18.4 Å². The van der Waals surface area contributed by atoms with Crippen LogP contribution in [-0.4, -0.2) is 69.9 Å². The van der Waals surface area contributed by atoms with Gasteiger partial charge in [0, 0.05) is 37.8 Å². The molecule has 0 aliphatic carbocycles. The zero-order chi connectivity index (χ0) is 23.1. The fourth-order valence-electron chi connectivity index (χ4n) is 3.65. The second kappa shape index (κ2) is 10.7. The Balaban J connectivity index is 1.33. The summed E-state index contributed by atoms with van der Waals surface area (Å²) in [6.45, 7) is 2.88. The highest BCUT2D eigenvalue weighted by Crippen LogP contribution is 2.21. The van der Waals surface area contributed by atoms with Crippen molar-refractivity contribution >= 4 is 0 Å². The lowest BCUT2D eigenvalue weighted by Crippen LogP contribution is -2.48. The molecule has 0 unspecified atom stereocenters. The van der Waals surface area contributed by atoms with Crippen molar-refractivity contribution in [2.45, 2.75) is 18.7 Å². The minimum atomic E-state index is -1.33. The third kappa shape index (κ3) is 6.95. The van der Waals surface area contributed by atoms with Gasteiger partial charge in [-0.1, -0.05) is 12.1 Å². The van der Waals surface area contributed by atoms with Gasteiger partial charge in [-0.15, -0.1) is 0 Å². The largest absolute Gasteiger partial charge is 0.492 e. The zero-order valence-corrected chi connectivity index (χ0v) is 18.1. The van der Waals surface area contributed by atoms with E-state index < -0.39 is 17.2 Å². The average Bonchev–Trinajstić information content (AvgIpc) is 3.22. The maximum atomic E-state index is 13.4. The SMILES string of the molecule is O[C@]1(COc2cc(F)cc(F)c2)COCCN(Cc2cccc(OCCn3cncn3)c2)C1. The fraction of sp³-hybridized carbons (Fsp3) is 0.391. The molecule has 1 aromatic heterocycles. The standard InChI is InChI=1S/C23H26F2N4O4/c24-19-9-20(25)11-22(10-19)33-15-23(30)13-28(4-6-31-14-23)12-18-2-1-3-21(8-18)32-7-5-29-17-26-16-27-29/h1-3,8-11,16-17,30H,4-7,12-15H2/t23-/m0/s1. The number of hydrogen-bond donors (Lipinski definition) is 1. The first kappa shape index (κ1) is 23.1. The molecule has 2 aromatic carbocycles. The molecule has 1 atom stereocenters. The van der Waals surface area contributed by atoms with Gasteiger partial charge in [0.05, 0.1) is 19.8 Å². The van der Waals surface area contributed by atoms with Crippen LogP contribution in [0.25, 0.3) is 0 Å². The van der Waals surface area contributed by atoms with E-state index in [1.165, 1.54) is 6.33 Å². The number of benzene rings is 2. The Labute approximate surface area is 190 Å². The zero-order valence-electron chi connectivity index (χ0n) is 18.1. The molecule has 0 spiro atoms. The van der Waals surface area contributed by atoms with E-state index in [2.05, 4.69) is 15.0 Å². The van der Waals surface area contributed by atoms with Gasteiger partial charge in [-0.05, 0) is 17.7 Å². The van der Waals surface area contributed by atoms with Gasteiger partial charge in [0.2, 0.25) is 0 Å². The minimum absolute atomic E-state index is 0.0208. The van der Waals surface area contributed by atoms with Crippen LogP contribution in [0, 0.1) is 11.6 Å². The van der Waals surface area contributed by atoms with Crippen molar-refractivity contribution in [3.63, 3.8) is 0 Å². The second-order valence-electron chi connectivity index (χ2n) is 8.04. The molecule has 10 heteroatoms. The summed E-state index contributed by atoms with van der Waals surface area (Å²) in [5.74, 6) is -0.712. The summed E-state index contributed by atoms with van der Waals surface area (Å²) in [5.41, 5.74) is -0.309. The molecule has 33 heavy (non-hydrogen) atoms. The first-order valence-electron chi connectivity index (χ1n) is 10.6. The maximum Gasteiger partial charge on any atom is 0.137 e. The molecule has 8 nitrogen and oxygen atoms in total. The summed E-state index contributed by atoms with van der Waals surface area (Å²) >= 11 is 0. The topological polar surface area (TPSA) is 81.9 Å². The first-order valence-corrected chi connectivity index (χ1v) is 10.6. The van der Waals surface area contributed by atoms with Crippen molar-refractivity contribution in [1.82, 2.24) is 19.7 Å². The van der Waals surface area contributed by atoms with Crippen LogP contribution in [0.1, 0.15) is 5.56 Å². The molecule has 1 fully saturated rings. The van der Waals surface area contributed by atoms with Crippen LogP contribution in [-0.2, 0) is 17.8 Å².